The fourth-order valence-electron chi connectivity index (χ4n) is 1.24. The number of alkyl halides is 2. The van der Waals surface area contributed by atoms with E-state index in [4.69, 9.17) is 15.3 Å². The van der Waals surface area contributed by atoms with Gasteiger partial charge in [0.25, 0.3) is 0 Å². The van der Waals surface area contributed by atoms with E-state index in [1.54, 1.807) is 18.2 Å². The number of nitrogens with zero attached hydrogens (tertiary/aromatic N) is 2. The molecule has 0 aliphatic carbocycles. The SMILES string of the molecule is COc1cccc(NC=C(C#N)C#N)c1OC(F)F. The fourth-order valence-corrected chi connectivity index (χ4v) is 1.24. The summed E-state index contributed by atoms with van der Waals surface area (Å²) in [6.45, 7) is -3.02. The van der Waals surface area contributed by atoms with Crippen LogP contribution in [0.25, 0.3) is 0 Å². The number of para-hydroxylation sites is 1. The first-order valence-electron chi connectivity index (χ1n) is 5.01. The van der Waals surface area contributed by atoms with E-state index in [2.05, 4.69) is 10.1 Å². The lowest BCUT2D eigenvalue weighted by atomic mass is 10.2. The predicted octanol–water partition coefficient (Wildman–Crippen LogP) is 2.64. The Morgan fingerprint density at radius 1 is 1.37 bits per heavy atom. The minimum atomic E-state index is -3.02. The van der Waals surface area contributed by atoms with Gasteiger partial charge in [0, 0.05) is 6.20 Å². The maximum absolute atomic E-state index is 12.3. The third-order valence-electron chi connectivity index (χ3n) is 2.02. The van der Waals surface area contributed by atoms with Crippen LogP contribution in [0.15, 0.2) is 30.0 Å². The van der Waals surface area contributed by atoms with Gasteiger partial charge in [0.05, 0.1) is 12.8 Å². The maximum Gasteiger partial charge on any atom is 0.387 e. The molecule has 98 valence electrons. The van der Waals surface area contributed by atoms with Crippen LogP contribution < -0.4 is 14.8 Å². The lowest BCUT2D eigenvalue weighted by Gasteiger charge is -2.13. The highest BCUT2D eigenvalue weighted by molar-refractivity contribution is 5.65. The van der Waals surface area contributed by atoms with Crippen molar-refractivity contribution >= 4 is 5.69 Å². The number of hydrogen-bond acceptors (Lipinski definition) is 5. The highest BCUT2D eigenvalue weighted by atomic mass is 19.3. The molecule has 0 spiro atoms. The quantitative estimate of drug-likeness (QED) is 0.828. The molecule has 1 aromatic carbocycles. The Bertz CT molecular complexity index is 543. The predicted molar refractivity (Wildman–Crippen MR) is 62.6 cm³/mol. The van der Waals surface area contributed by atoms with Crippen LogP contribution in [0.3, 0.4) is 0 Å². The monoisotopic (exact) mass is 265 g/mol. The zero-order valence-electron chi connectivity index (χ0n) is 9.85. The van der Waals surface area contributed by atoms with E-state index in [1.165, 1.54) is 19.2 Å². The van der Waals surface area contributed by atoms with Gasteiger partial charge in [0.1, 0.15) is 17.7 Å². The third kappa shape index (κ3) is 3.86. The number of halogens is 2. The van der Waals surface area contributed by atoms with Crippen LogP contribution in [0.4, 0.5) is 14.5 Å². The molecule has 0 unspecified atom stereocenters. The van der Waals surface area contributed by atoms with E-state index in [1.807, 2.05) is 0 Å². The van der Waals surface area contributed by atoms with Crippen molar-refractivity contribution < 1.29 is 18.3 Å². The zero-order chi connectivity index (χ0) is 14.3. The molecular formula is C12H9F2N3O2. The van der Waals surface area contributed by atoms with Gasteiger partial charge < -0.3 is 14.8 Å². The number of allylic oxidation sites excluding steroid dienone is 1. The molecule has 1 rings (SSSR count). The second-order valence-corrected chi connectivity index (χ2v) is 3.14. The average molecular weight is 265 g/mol. The Morgan fingerprint density at radius 2 is 2.05 bits per heavy atom. The zero-order valence-corrected chi connectivity index (χ0v) is 9.85. The van der Waals surface area contributed by atoms with Gasteiger partial charge in [-0.15, -0.1) is 0 Å². The second-order valence-electron chi connectivity index (χ2n) is 3.14. The molecule has 1 aromatic rings. The van der Waals surface area contributed by atoms with E-state index >= 15 is 0 Å². The molecule has 0 saturated heterocycles. The van der Waals surface area contributed by atoms with Gasteiger partial charge >= 0.3 is 6.61 Å². The molecule has 7 heteroatoms. The number of hydrogen-bond donors (Lipinski definition) is 1. The van der Waals surface area contributed by atoms with Crippen LogP contribution in [0.5, 0.6) is 11.5 Å². The lowest BCUT2D eigenvalue weighted by Crippen LogP contribution is -2.06. The Morgan fingerprint density at radius 3 is 2.58 bits per heavy atom. The van der Waals surface area contributed by atoms with Crippen molar-refractivity contribution in [3.63, 3.8) is 0 Å². The van der Waals surface area contributed by atoms with E-state index in [9.17, 15) is 8.78 Å². The number of ether oxygens (including phenoxy) is 2. The van der Waals surface area contributed by atoms with Gasteiger partial charge in [-0.2, -0.15) is 19.3 Å². The summed E-state index contributed by atoms with van der Waals surface area (Å²) in [5.41, 5.74) is -0.0477. The van der Waals surface area contributed by atoms with Crippen molar-refractivity contribution in [2.45, 2.75) is 6.61 Å². The third-order valence-corrected chi connectivity index (χ3v) is 2.02. The standard InChI is InChI=1S/C12H9F2N3O2/c1-18-10-4-2-3-9(11(10)19-12(13)14)17-7-8(5-15)6-16/h2-4,7,12,17H,1H3. The number of nitriles is 2. The van der Waals surface area contributed by atoms with Gasteiger partial charge in [0.2, 0.25) is 0 Å². The van der Waals surface area contributed by atoms with Gasteiger partial charge in [-0.05, 0) is 12.1 Å². The first kappa shape index (κ1) is 14.3. The summed E-state index contributed by atoms with van der Waals surface area (Å²) >= 11 is 0. The topological polar surface area (TPSA) is 78.1 Å². The molecule has 0 amide bonds. The molecule has 5 nitrogen and oxygen atoms in total. The molecule has 0 aromatic heterocycles. The average Bonchev–Trinajstić information content (AvgIpc) is 2.40. The van der Waals surface area contributed by atoms with Crippen molar-refractivity contribution in [1.29, 1.82) is 10.5 Å². The number of rotatable bonds is 5. The number of benzene rings is 1. The molecular weight excluding hydrogens is 256 g/mol. The summed E-state index contributed by atoms with van der Waals surface area (Å²) in [6.07, 6.45) is 1.09. The smallest absolute Gasteiger partial charge is 0.387 e. The van der Waals surface area contributed by atoms with Crippen molar-refractivity contribution in [2.24, 2.45) is 0 Å². The highest BCUT2D eigenvalue weighted by Crippen LogP contribution is 2.36. The lowest BCUT2D eigenvalue weighted by molar-refractivity contribution is -0.0506. The maximum atomic E-state index is 12.3. The number of methoxy groups -OCH3 is 1. The van der Waals surface area contributed by atoms with Crippen molar-refractivity contribution in [2.75, 3.05) is 12.4 Å². The Balaban J connectivity index is 3.10. The summed E-state index contributed by atoms with van der Waals surface area (Å²) in [6, 6.07) is 7.70. The van der Waals surface area contributed by atoms with Crippen LogP contribution in [0.1, 0.15) is 0 Å². The molecule has 19 heavy (non-hydrogen) atoms. The molecule has 0 aliphatic heterocycles. The molecule has 0 bridgehead atoms. The van der Waals surface area contributed by atoms with Crippen LogP contribution in [0, 0.1) is 22.7 Å². The summed E-state index contributed by atoms with van der Waals surface area (Å²) < 4.78 is 33.9. The molecule has 0 radical (unpaired) electrons. The number of anilines is 1. The molecule has 0 saturated carbocycles. The van der Waals surface area contributed by atoms with Gasteiger partial charge in [-0.3, -0.25) is 0 Å². The van der Waals surface area contributed by atoms with Crippen LogP contribution in [-0.2, 0) is 0 Å². The van der Waals surface area contributed by atoms with Gasteiger partial charge in [-0.25, -0.2) is 0 Å². The largest absolute Gasteiger partial charge is 0.493 e. The molecule has 1 N–H and O–H groups in total. The van der Waals surface area contributed by atoms with E-state index in [0.717, 1.165) is 6.20 Å². The van der Waals surface area contributed by atoms with Crippen molar-refractivity contribution in [1.82, 2.24) is 0 Å². The second kappa shape index (κ2) is 6.82. The summed E-state index contributed by atoms with van der Waals surface area (Å²) in [5.74, 6) is -0.0966. The minimum absolute atomic E-state index is 0.106. The highest BCUT2D eigenvalue weighted by Gasteiger charge is 2.14. The molecule has 0 atom stereocenters. The molecule has 0 fully saturated rings. The van der Waals surface area contributed by atoms with Gasteiger partial charge in [-0.1, -0.05) is 6.07 Å². The summed E-state index contributed by atoms with van der Waals surface area (Å²) in [7, 11) is 1.31. The molecule has 0 heterocycles. The van der Waals surface area contributed by atoms with E-state index in [0.29, 0.717) is 0 Å². The van der Waals surface area contributed by atoms with Crippen molar-refractivity contribution in [3.05, 3.63) is 30.0 Å². The summed E-state index contributed by atoms with van der Waals surface area (Å²) in [5, 5.41) is 19.7. The first-order chi connectivity index (χ1) is 9.12. The van der Waals surface area contributed by atoms with Gasteiger partial charge in [0.15, 0.2) is 11.5 Å². The van der Waals surface area contributed by atoms with E-state index in [-0.39, 0.29) is 22.8 Å². The minimum Gasteiger partial charge on any atom is -0.493 e. The Labute approximate surface area is 108 Å². The normalized spacial score (nSPS) is 9.16. The molecule has 0 aliphatic rings. The summed E-state index contributed by atoms with van der Waals surface area (Å²) in [4.78, 5) is 0. The van der Waals surface area contributed by atoms with E-state index < -0.39 is 6.61 Å². The fraction of sp³-hybridized carbons (Fsp3) is 0.167. The van der Waals surface area contributed by atoms with Crippen LogP contribution in [0.2, 0.25) is 0 Å². The van der Waals surface area contributed by atoms with Crippen molar-refractivity contribution in [3.8, 4) is 23.6 Å². The van der Waals surface area contributed by atoms with Crippen LogP contribution in [-0.4, -0.2) is 13.7 Å². The Kier molecular flexibility index (Phi) is 5.12. The number of nitrogens with one attached hydrogen (secondary N) is 1. The first-order valence-corrected chi connectivity index (χ1v) is 5.01. The van der Waals surface area contributed by atoms with Crippen LogP contribution >= 0.6 is 0 Å². The Hall–Kier alpha value is -2.80.